The van der Waals surface area contributed by atoms with Crippen molar-refractivity contribution in [2.24, 2.45) is 0 Å². The number of rotatable bonds is 6. The Hall–Kier alpha value is -2.40. The van der Waals surface area contributed by atoms with E-state index in [2.05, 4.69) is 22.3 Å². The number of oxazole rings is 1. The highest BCUT2D eigenvalue weighted by atomic mass is 16.4. The quantitative estimate of drug-likeness (QED) is 0.755. The van der Waals surface area contributed by atoms with Crippen molar-refractivity contribution in [1.29, 1.82) is 0 Å². The molecule has 0 aliphatic heterocycles. The fraction of sp³-hybridized carbons (Fsp3) is 0.250. The van der Waals surface area contributed by atoms with Gasteiger partial charge in [0, 0.05) is 24.0 Å². The summed E-state index contributed by atoms with van der Waals surface area (Å²) < 4.78 is 7.66. The Bertz CT molecular complexity index is 661. The van der Waals surface area contributed by atoms with Crippen LogP contribution in [0, 0.1) is 0 Å². The van der Waals surface area contributed by atoms with Gasteiger partial charge in [-0.15, -0.1) is 0 Å². The Morgan fingerprint density at radius 2 is 2.10 bits per heavy atom. The molecular formula is C16H18N4O. The molecule has 2 heterocycles. The first-order chi connectivity index (χ1) is 10.3. The summed E-state index contributed by atoms with van der Waals surface area (Å²) in [5.41, 5.74) is 1.04. The van der Waals surface area contributed by atoms with E-state index in [1.807, 2.05) is 47.3 Å². The van der Waals surface area contributed by atoms with E-state index in [1.54, 1.807) is 12.4 Å². The van der Waals surface area contributed by atoms with Crippen molar-refractivity contribution in [3.8, 4) is 11.3 Å². The molecule has 0 fully saturated rings. The second kappa shape index (κ2) is 6.37. The highest BCUT2D eigenvalue weighted by Crippen LogP contribution is 2.19. The van der Waals surface area contributed by atoms with Gasteiger partial charge in [0.2, 0.25) is 5.89 Å². The van der Waals surface area contributed by atoms with Gasteiger partial charge in [-0.25, -0.2) is 4.98 Å². The van der Waals surface area contributed by atoms with Gasteiger partial charge in [-0.05, 0) is 13.0 Å². The Morgan fingerprint density at radius 1 is 1.24 bits per heavy atom. The van der Waals surface area contributed by atoms with Gasteiger partial charge in [0.15, 0.2) is 5.76 Å². The van der Waals surface area contributed by atoms with E-state index < -0.39 is 0 Å². The van der Waals surface area contributed by atoms with Crippen molar-refractivity contribution >= 4 is 0 Å². The van der Waals surface area contributed by atoms with E-state index in [-0.39, 0.29) is 6.04 Å². The zero-order valence-corrected chi connectivity index (χ0v) is 11.9. The second-order valence-electron chi connectivity index (χ2n) is 4.99. The number of nitrogens with zero attached hydrogens (tertiary/aromatic N) is 3. The lowest BCUT2D eigenvalue weighted by molar-refractivity contribution is 0.411. The van der Waals surface area contributed by atoms with Gasteiger partial charge in [0.05, 0.1) is 19.3 Å². The molecule has 5 heteroatoms. The van der Waals surface area contributed by atoms with Crippen molar-refractivity contribution in [2.45, 2.75) is 26.1 Å². The van der Waals surface area contributed by atoms with E-state index >= 15 is 0 Å². The number of hydrogen-bond donors (Lipinski definition) is 1. The summed E-state index contributed by atoms with van der Waals surface area (Å²) in [5.74, 6) is 1.49. The normalized spacial score (nSPS) is 12.4. The maximum absolute atomic E-state index is 5.76. The molecule has 21 heavy (non-hydrogen) atoms. The Morgan fingerprint density at radius 3 is 2.86 bits per heavy atom. The minimum atomic E-state index is 0.289. The standard InChI is InChI=1S/C16H18N4O/c1-13(12-20-9-5-8-19-20)17-11-16-18-10-15(21-16)14-6-3-2-4-7-14/h2-10,13,17H,11-12H2,1H3/t13-/m0/s1. The van der Waals surface area contributed by atoms with Gasteiger partial charge >= 0.3 is 0 Å². The summed E-state index contributed by atoms with van der Waals surface area (Å²) in [6.07, 6.45) is 5.51. The highest BCUT2D eigenvalue weighted by molar-refractivity contribution is 5.55. The van der Waals surface area contributed by atoms with Crippen molar-refractivity contribution < 1.29 is 4.42 Å². The lowest BCUT2D eigenvalue weighted by Crippen LogP contribution is -2.30. The van der Waals surface area contributed by atoms with Crippen LogP contribution in [0.25, 0.3) is 11.3 Å². The molecule has 5 nitrogen and oxygen atoms in total. The van der Waals surface area contributed by atoms with Crippen LogP contribution in [0.3, 0.4) is 0 Å². The molecule has 0 saturated heterocycles. The molecule has 0 radical (unpaired) electrons. The molecule has 1 aromatic carbocycles. The molecule has 1 atom stereocenters. The van der Waals surface area contributed by atoms with Crippen LogP contribution in [-0.4, -0.2) is 20.8 Å². The SMILES string of the molecule is C[C@@H](Cn1cccn1)NCc1ncc(-c2ccccc2)o1. The van der Waals surface area contributed by atoms with E-state index in [9.17, 15) is 0 Å². The van der Waals surface area contributed by atoms with E-state index in [0.29, 0.717) is 12.4 Å². The first kappa shape index (κ1) is 13.6. The number of benzene rings is 1. The van der Waals surface area contributed by atoms with Crippen molar-refractivity contribution in [1.82, 2.24) is 20.1 Å². The van der Waals surface area contributed by atoms with Crippen LogP contribution in [0.1, 0.15) is 12.8 Å². The van der Waals surface area contributed by atoms with Crippen molar-refractivity contribution in [3.63, 3.8) is 0 Å². The largest absolute Gasteiger partial charge is 0.439 e. The summed E-state index contributed by atoms with van der Waals surface area (Å²) in [5, 5.41) is 7.58. The molecule has 1 N–H and O–H groups in total. The molecule has 0 unspecified atom stereocenters. The zero-order valence-electron chi connectivity index (χ0n) is 11.9. The van der Waals surface area contributed by atoms with Gasteiger partial charge in [0.25, 0.3) is 0 Å². The third-order valence-electron chi connectivity index (χ3n) is 3.23. The summed E-state index contributed by atoms with van der Waals surface area (Å²) >= 11 is 0. The Kier molecular flexibility index (Phi) is 4.12. The molecule has 0 amide bonds. The minimum Gasteiger partial charge on any atom is -0.439 e. The lowest BCUT2D eigenvalue weighted by atomic mass is 10.2. The molecule has 0 bridgehead atoms. The Labute approximate surface area is 123 Å². The number of aromatic nitrogens is 3. The van der Waals surface area contributed by atoms with Gasteiger partial charge < -0.3 is 9.73 Å². The van der Waals surface area contributed by atoms with Crippen LogP contribution < -0.4 is 5.32 Å². The molecule has 0 aliphatic carbocycles. The topological polar surface area (TPSA) is 55.9 Å². The van der Waals surface area contributed by atoms with Gasteiger partial charge in [-0.3, -0.25) is 4.68 Å². The number of hydrogen-bond acceptors (Lipinski definition) is 4. The molecular weight excluding hydrogens is 264 g/mol. The molecule has 0 saturated carbocycles. The Balaban J connectivity index is 1.55. The lowest BCUT2D eigenvalue weighted by Gasteiger charge is -2.12. The van der Waals surface area contributed by atoms with Gasteiger partial charge in [0.1, 0.15) is 0 Å². The maximum atomic E-state index is 5.76. The average Bonchev–Trinajstić information content (AvgIpc) is 3.17. The van der Waals surface area contributed by atoms with E-state index in [0.717, 1.165) is 17.9 Å². The summed E-state index contributed by atoms with van der Waals surface area (Å²) in [6, 6.07) is 12.2. The predicted octanol–water partition coefficient (Wildman–Crippen LogP) is 2.72. The molecule has 3 rings (SSSR count). The second-order valence-corrected chi connectivity index (χ2v) is 4.99. The van der Waals surface area contributed by atoms with Crippen molar-refractivity contribution in [2.75, 3.05) is 0 Å². The smallest absolute Gasteiger partial charge is 0.208 e. The molecule has 108 valence electrons. The van der Waals surface area contributed by atoms with Gasteiger partial charge in [-0.1, -0.05) is 30.3 Å². The van der Waals surface area contributed by atoms with E-state index in [4.69, 9.17) is 4.42 Å². The predicted molar refractivity (Wildman–Crippen MR) is 80.5 cm³/mol. The summed E-state index contributed by atoms with van der Waals surface area (Å²) in [7, 11) is 0. The number of nitrogens with one attached hydrogen (secondary N) is 1. The molecule has 3 aromatic rings. The van der Waals surface area contributed by atoms with Crippen LogP contribution >= 0.6 is 0 Å². The third-order valence-corrected chi connectivity index (χ3v) is 3.23. The molecule has 0 aliphatic rings. The monoisotopic (exact) mass is 282 g/mol. The van der Waals surface area contributed by atoms with Crippen LogP contribution in [0.5, 0.6) is 0 Å². The van der Waals surface area contributed by atoms with Crippen LogP contribution in [0.15, 0.2) is 59.4 Å². The molecule has 2 aromatic heterocycles. The third kappa shape index (κ3) is 3.58. The van der Waals surface area contributed by atoms with E-state index in [1.165, 1.54) is 0 Å². The van der Waals surface area contributed by atoms with Crippen LogP contribution in [-0.2, 0) is 13.1 Å². The average molecular weight is 282 g/mol. The van der Waals surface area contributed by atoms with Crippen LogP contribution in [0.2, 0.25) is 0 Å². The first-order valence-electron chi connectivity index (χ1n) is 7.02. The summed E-state index contributed by atoms with van der Waals surface area (Å²) in [6.45, 7) is 3.54. The fourth-order valence-corrected chi connectivity index (χ4v) is 2.14. The summed E-state index contributed by atoms with van der Waals surface area (Å²) in [4.78, 5) is 4.31. The fourth-order valence-electron chi connectivity index (χ4n) is 2.14. The highest BCUT2D eigenvalue weighted by Gasteiger charge is 2.08. The minimum absolute atomic E-state index is 0.289. The van der Waals surface area contributed by atoms with Crippen LogP contribution in [0.4, 0.5) is 0 Å². The van der Waals surface area contributed by atoms with Gasteiger partial charge in [-0.2, -0.15) is 5.10 Å². The zero-order chi connectivity index (χ0) is 14.5. The molecule has 0 spiro atoms. The maximum Gasteiger partial charge on any atom is 0.208 e. The first-order valence-corrected chi connectivity index (χ1v) is 7.02. The van der Waals surface area contributed by atoms with Crippen molar-refractivity contribution in [3.05, 3.63) is 60.9 Å².